The number of unbranched alkanes of at least 4 members (excludes halogenated alkanes) is 1. The van der Waals surface area contributed by atoms with Gasteiger partial charge in [-0.1, -0.05) is 20.3 Å². The van der Waals surface area contributed by atoms with E-state index >= 15 is 0 Å². The first-order valence-corrected chi connectivity index (χ1v) is 6.70. The number of rotatable bonds is 7. The van der Waals surface area contributed by atoms with Crippen molar-refractivity contribution >= 4 is 11.8 Å². The predicted molar refractivity (Wildman–Crippen MR) is 74.3 cm³/mol. The van der Waals surface area contributed by atoms with Crippen LogP contribution in [0.3, 0.4) is 0 Å². The molecule has 6 nitrogen and oxygen atoms in total. The minimum Gasteiger partial charge on any atom is -0.487 e. The zero-order chi connectivity index (χ0) is 13.7. The minimum atomic E-state index is 0.0993. The highest BCUT2D eigenvalue weighted by Crippen LogP contribution is 2.29. The Kier molecular flexibility index (Phi) is 4.42. The SMILES string of the molecule is CCCCNc1nc(N)ncc1OCC1(C)COC1. The molecule has 3 N–H and O–H groups in total. The standard InChI is InChI=1S/C13H22N4O2/c1-3-4-5-15-11-10(6-16-12(14)17-11)19-9-13(2)7-18-8-13/h6H,3-5,7-9H2,1-2H3,(H3,14,15,16,17). The Morgan fingerprint density at radius 2 is 2.32 bits per heavy atom. The fourth-order valence-corrected chi connectivity index (χ4v) is 1.79. The van der Waals surface area contributed by atoms with Gasteiger partial charge >= 0.3 is 0 Å². The molecule has 19 heavy (non-hydrogen) atoms. The molecule has 0 spiro atoms. The minimum absolute atomic E-state index is 0.0993. The number of nitrogens with two attached hydrogens (primary N) is 1. The summed E-state index contributed by atoms with van der Waals surface area (Å²) in [5, 5.41) is 3.24. The topological polar surface area (TPSA) is 82.3 Å². The monoisotopic (exact) mass is 266 g/mol. The summed E-state index contributed by atoms with van der Waals surface area (Å²) < 4.78 is 11.0. The van der Waals surface area contributed by atoms with Gasteiger partial charge in [0.15, 0.2) is 11.6 Å². The molecule has 0 aliphatic carbocycles. The summed E-state index contributed by atoms with van der Waals surface area (Å²) in [6.07, 6.45) is 3.83. The smallest absolute Gasteiger partial charge is 0.222 e. The highest BCUT2D eigenvalue weighted by atomic mass is 16.5. The van der Waals surface area contributed by atoms with Gasteiger partial charge in [-0.25, -0.2) is 4.98 Å². The number of ether oxygens (including phenoxy) is 2. The van der Waals surface area contributed by atoms with Crippen LogP contribution in [0.2, 0.25) is 0 Å². The molecule has 2 heterocycles. The van der Waals surface area contributed by atoms with E-state index in [4.69, 9.17) is 15.2 Å². The molecule has 106 valence electrons. The van der Waals surface area contributed by atoms with Gasteiger partial charge in [-0.3, -0.25) is 0 Å². The third kappa shape index (κ3) is 3.70. The van der Waals surface area contributed by atoms with Crippen LogP contribution in [0.15, 0.2) is 6.20 Å². The maximum atomic E-state index is 5.81. The summed E-state index contributed by atoms with van der Waals surface area (Å²) in [4.78, 5) is 8.17. The van der Waals surface area contributed by atoms with Crippen LogP contribution in [-0.2, 0) is 4.74 Å². The average molecular weight is 266 g/mol. The number of nitrogens with zero attached hydrogens (tertiary/aromatic N) is 2. The number of hydrogen-bond donors (Lipinski definition) is 2. The molecule has 0 aromatic carbocycles. The third-order valence-corrected chi connectivity index (χ3v) is 3.07. The fraction of sp³-hybridized carbons (Fsp3) is 0.692. The van der Waals surface area contributed by atoms with E-state index < -0.39 is 0 Å². The van der Waals surface area contributed by atoms with E-state index in [9.17, 15) is 0 Å². The Morgan fingerprint density at radius 1 is 1.53 bits per heavy atom. The average Bonchev–Trinajstić information content (AvgIpc) is 2.36. The van der Waals surface area contributed by atoms with Crippen molar-refractivity contribution in [1.82, 2.24) is 9.97 Å². The Morgan fingerprint density at radius 3 is 2.95 bits per heavy atom. The molecule has 1 aliphatic heterocycles. The van der Waals surface area contributed by atoms with Crippen molar-refractivity contribution in [2.45, 2.75) is 26.7 Å². The summed E-state index contributed by atoms with van der Waals surface area (Å²) in [6.45, 7) is 7.21. The highest BCUT2D eigenvalue weighted by molar-refractivity contribution is 5.51. The maximum absolute atomic E-state index is 5.81. The molecule has 1 aromatic rings. The van der Waals surface area contributed by atoms with Crippen molar-refractivity contribution < 1.29 is 9.47 Å². The van der Waals surface area contributed by atoms with Gasteiger partial charge in [0, 0.05) is 12.0 Å². The van der Waals surface area contributed by atoms with Crippen LogP contribution in [0.25, 0.3) is 0 Å². The summed E-state index contributed by atoms with van der Waals surface area (Å²) in [7, 11) is 0. The number of aromatic nitrogens is 2. The van der Waals surface area contributed by atoms with Crippen LogP contribution >= 0.6 is 0 Å². The van der Waals surface area contributed by atoms with E-state index in [0.29, 0.717) is 18.2 Å². The molecule has 0 radical (unpaired) electrons. The van der Waals surface area contributed by atoms with Crippen LogP contribution in [0.1, 0.15) is 26.7 Å². The van der Waals surface area contributed by atoms with Crippen molar-refractivity contribution in [1.29, 1.82) is 0 Å². The molecular weight excluding hydrogens is 244 g/mol. The Labute approximate surface area is 113 Å². The van der Waals surface area contributed by atoms with Gasteiger partial charge in [0.25, 0.3) is 0 Å². The molecule has 2 rings (SSSR count). The number of anilines is 2. The molecule has 1 aromatic heterocycles. The van der Waals surface area contributed by atoms with Crippen molar-refractivity contribution in [2.24, 2.45) is 5.41 Å². The van der Waals surface area contributed by atoms with E-state index in [-0.39, 0.29) is 11.4 Å². The van der Waals surface area contributed by atoms with Gasteiger partial charge in [0.1, 0.15) is 0 Å². The van der Waals surface area contributed by atoms with Gasteiger partial charge in [0.2, 0.25) is 5.95 Å². The molecule has 1 saturated heterocycles. The highest BCUT2D eigenvalue weighted by Gasteiger charge is 2.34. The van der Waals surface area contributed by atoms with Crippen molar-refractivity contribution in [3.63, 3.8) is 0 Å². The lowest BCUT2D eigenvalue weighted by molar-refractivity contribution is -0.120. The van der Waals surface area contributed by atoms with Gasteiger partial charge in [-0.2, -0.15) is 4.98 Å². The fourth-order valence-electron chi connectivity index (χ4n) is 1.79. The first-order valence-electron chi connectivity index (χ1n) is 6.70. The maximum Gasteiger partial charge on any atom is 0.222 e. The quantitative estimate of drug-likeness (QED) is 0.731. The molecule has 0 atom stereocenters. The van der Waals surface area contributed by atoms with Gasteiger partial charge in [0.05, 0.1) is 26.0 Å². The first kappa shape index (κ1) is 13.9. The zero-order valence-electron chi connectivity index (χ0n) is 11.6. The van der Waals surface area contributed by atoms with E-state index in [1.165, 1.54) is 0 Å². The molecule has 0 bridgehead atoms. The molecule has 1 fully saturated rings. The van der Waals surface area contributed by atoms with Crippen molar-refractivity contribution in [3.8, 4) is 5.75 Å². The lowest BCUT2D eigenvalue weighted by Gasteiger charge is -2.37. The van der Waals surface area contributed by atoms with Crippen molar-refractivity contribution in [3.05, 3.63) is 6.20 Å². The zero-order valence-corrected chi connectivity index (χ0v) is 11.6. The van der Waals surface area contributed by atoms with Crippen LogP contribution in [0.5, 0.6) is 5.75 Å². The normalized spacial score (nSPS) is 16.7. The summed E-state index contributed by atoms with van der Waals surface area (Å²) in [5.74, 6) is 1.58. The second-order valence-corrected chi connectivity index (χ2v) is 5.31. The van der Waals surface area contributed by atoms with Gasteiger partial charge < -0.3 is 20.5 Å². The van der Waals surface area contributed by atoms with Crippen LogP contribution < -0.4 is 15.8 Å². The van der Waals surface area contributed by atoms with E-state index in [0.717, 1.165) is 32.6 Å². The molecular formula is C13H22N4O2. The largest absolute Gasteiger partial charge is 0.487 e. The van der Waals surface area contributed by atoms with E-state index in [2.05, 4.69) is 29.1 Å². The second-order valence-electron chi connectivity index (χ2n) is 5.31. The van der Waals surface area contributed by atoms with Crippen molar-refractivity contribution in [2.75, 3.05) is 37.4 Å². The predicted octanol–water partition coefficient (Wildman–Crippen LogP) is 1.69. The molecule has 1 aliphatic rings. The summed E-state index contributed by atoms with van der Waals surface area (Å²) >= 11 is 0. The van der Waals surface area contributed by atoms with Gasteiger partial charge in [-0.05, 0) is 6.42 Å². The van der Waals surface area contributed by atoms with Crippen LogP contribution in [0.4, 0.5) is 11.8 Å². The number of nitrogens with one attached hydrogen (secondary N) is 1. The van der Waals surface area contributed by atoms with Gasteiger partial charge in [-0.15, -0.1) is 0 Å². The summed E-state index contributed by atoms with van der Waals surface area (Å²) in [5.41, 5.74) is 5.71. The molecule has 0 amide bonds. The van der Waals surface area contributed by atoms with E-state index in [1.807, 2.05) is 0 Å². The van der Waals surface area contributed by atoms with Crippen LogP contribution in [-0.4, -0.2) is 36.3 Å². The Hall–Kier alpha value is -1.56. The lowest BCUT2D eigenvalue weighted by Crippen LogP contribution is -2.44. The number of hydrogen-bond acceptors (Lipinski definition) is 6. The van der Waals surface area contributed by atoms with E-state index in [1.54, 1.807) is 6.20 Å². The second kappa shape index (κ2) is 6.06. The first-order chi connectivity index (χ1) is 9.13. The number of nitrogen functional groups attached to an aromatic ring is 1. The Balaban J connectivity index is 1.97. The summed E-state index contributed by atoms with van der Waals surface area (Å²) in [6, 6.07) is 0. The lowest BCUT2D eigenvalue weighted by atomic mass is 9.90. The Bertz CT molecular complexity index is 421. The molecule has 0 unspecified atom stereocenters. The molecule has 0 saturated carbocycles. The molecule has 6 heteroatoms. The van der Waals surface area contributed by atoms with Crippen LogP contribution in [0, 0.1) is 5.41 Å². The third-order valence-electron chi connectivity index (χ3n) is 3.07.